The van der Waals surface area contributed by atoms with Crippen LogP contribution in [0.5, 0.6) is 0 Å². The third kappa shape index (κ3) is 5.08. The molecule has 192 valence electrons. The topological polar surface area (TPSA) is 65.5 Å². The molecule has 7 nitrogen and oxygen atoms in total. The Balaban J connectivity index is 1.33. The lowest BCUT2D eigenvalue weighted by Crippen LogP contribution is -2.48. The van der Waals surface area contributed by atoms with E-state index in [-0.39, 0.29) is 12.3 Å². The van der Waals surface area contributed by atoms with Crippen LogP contribution in [0.15, 0.2) is 51.6 Å². The summed E-state index contributed by atoms with van der Waals surface area (Å²) in [6, 6.07) is 7.63. The van der Waals surface area contributed by atoms with Crippen molar-refractivity contribution >= 4 is 40.4 Å². The number of benzene rings is 1. The molecular weight excluding hydrogens is 496 g/mol. The monoisotopic (exact) mass is 528 g/mol. The van der Waals surface area contributed by atoms with E-state index in [1.807, 2.05) is 46.4 Å². The number of aliphatic imine (C=N–C) groups is 1. The fraction of sp³-hybridized carbons (Fsp3) is 0.519. The molecule has 0 N–H and O–H groups in total. The van der Waals surface area contributed by atoms with Gasteiger partial charge in [-0.3, -0.25) is 4.79 Å². The minimum absolute atomic E-state index is 0.121. The predicted octanol–water partition coefficient (Wildman–Crippen LogP) is 4.95. The highest BCUT2D eigenvalue weighted by molar-refractivity contribution is 8.16. The summed E-state index contributed by atoms with van der Waals surface area (Å²) in [7, 11) is 1.38. The number of hydrogen-bond acceptors (Lipinski definition) is 7. The number of esters is 1. The highest BCUT2D eigenvalue weighted by Crippen LogP contribution is 2.45. The van der Waals surface area contributed by atoms with E-state index in [0.29, 0.717) is 22.3 Å². The summed E-state index contributed by atoms with van der Waals surface area (Å²) in [6.45, 7) is 5.81. The zero-order valence-corrected chi connectivity index (χ0v) is 22.5. The molecule has 2 fully saturated rings. The Bertz CT molecular complexity index is 1120. The van der Waals surface area contributed by atoms with Gasteiger partial charge in [0.25, 0.3) is 0 Å². The molecular formula is C27H33ClN4O3S. The number of carbonyl (C=O) groups is 2. The number of rotatable bonds is 5. The van der Waals surface area contributed by atoms with E-state index in [1.165, 1.54) is 51.2 Å². The van der Waals surface area contributed by atoms with E-state index >= 15 is 0 Å². The van der Waals surface area contributed by atoms with Crippen molar-refractivity contribution in [2.75, 3.05) is 33.3 Å². The van der Waals surface area contributed by atoms with Crippen molar-refractivity contribution in [3.63, 3.8) is 0 Å². The lowest BCUT2D eigenvalue weighted by molar-refractivity contribution is -0.136. The summed E-state index contributed by atoms with van der Waals surface area (Å²) in [4.78, 5) is 37.6. The van der Waals surface area contributed by atoms with Gasteiger partial charge in [0, 0.05) is 29.9 Å². The molecule has 36 heavy (non-hydrogen) atoms. The first-order valence-electron chi connectivity index (χ1n) is 12.8. The maximum Gasteiger partial charge on any atom is 0.338 e. The molecule has 0 radical (unpaired) electrons. The van der Waals surface area contributed by atoms with Crippen LogP contribution in [-0.4, -0.2) is 71.1 Å². The number of thioether (sulfide) groups is 1. The van der Waals surface area contributed by atoms with Crippen molar-refractivity contribution in [1.82, 2.24) is 14.7 Å². The number of amides is 1. The number of methoxy groups -OCH3 is 1. The Morgan fingerprint density at radius 3 is 2.58 bits per heavy atom. The largest absolute Gasteiger partial charge is 0.466 e. The molecule has 1 aromatic carbocycles. The zero-order chi connectivity index (χ0) is 25.2. The van der Waals surface area contributed by atoms with Crippen molar-refractivity contribution in [2.24, 2.45) is 4.99 Å². The first kappa shape index (κ1) is 25.4. The lowest BCUT2D eigenvalue weighted by Gasteiger charge is -2.40. The fourth-order valence-electron chi connectivity index (χ4n) is 5.76. The van der Waals surface area contributed by atoms with Gasteiger partial charge in [-0.15, -0.1) is 0 Å². The zero-order valence-electron chi connectivity index (χ0n) is 20.9. The number of piperidine rings is 2. The third-order valence-corrected chi connectivity index (χ3v) is 8.75. The molecule has 4 heterocycles. The highest BCUT2D eigenvalue weighted by atomic mass is 35.5. The molecule has 0 aromatic heterocycles. The van der Waals surface area contributed by atoms with E-state index in [2.05, 4.69) is 4.90 Å². The number of hydrogen-bond donors (Lipinski definition) is 0. The van der Waals surface area contributed by atoms with Crippen molar-refractivity contribution in [3.8, 4) is 0 Å². The van der Waals surface area contributed by atoms with Gasteiger partial charge >= 0.3 is 5.97 Å². The van der Waals surface area contributed by atoms with Crippen molar-refractivity contribution in [3.05, 3.63) is 57.2 Å². The van der Waals surface area contributed by atoms with Gasteiger partial charge in [0.15, 0.2) is 5.17 Å². The van der Waals surface area contributed by atoms with E-state index in [1.54, 1.807) is 0 Å². The van der Waals surface area contributed by atoms with Crippen LogP contribution in [0, 0.1) is 0 Å². The van der Waals surface area contributed by atoms with Gasteiger partial charge < -0.3 is 19.4 Å². The fourth-order valence-corrected chi connectivity index (χ4v) is 6.93. The van der Waals surface area contributed by atoms with E-state index in [4.69, 9.17) is 21.3 Å². The van der Waals surface area contributed by atoms with Gasteiger partial charge in [-0.25, -0.2) is 9.79 Å². The van der Waals surface area contributed by atoms with Gasteiger partial charge in [0.05, 0.1) is 30.8 Å². The smallest absolute Gasteiger partial charge is 0.338 e. The molecule has 2 saturated heterocycles. The molecule has 0 bridgehead atoms. The van der Waals surface area contributed by atoms with E-state index in [0.717, 1.165) is 42.4 Å². The number of halogens is 1. The average molecular weight is 529 g/mol. The number of likely N-dealkylation sites (tertiary alicyclic amines) is 2. The second-order valence-electron chi connectivity index (χ2n) is 9.82. The van der Waals surface area contributed by atoms with Crippen LogP contribution in [0.25, 0.3) is 0 Å². The Morgan fingerprint density at radius 2 is 1.89 bits per heavy atom. The minimum atomic E-state index is -0.456. The molecule has 1 aromatic rings. The molecule has 0 spiro atoms. The molecule has 5 rings (SSSR count). The van der Waals surface area contributed by atoms with Gasteiger partial charge in [0.1, 0.15) is 0 Å². The van der Waals surface area contributed by atoms with Gasteiger partial charge in [-0.05, 0) is 68.8 Å². The van der Waals surface area contributed by atoms with Crippen LogP contribution in [0.1, 0.15) is 57.1 Å². The number of carbonyl (C=O) groups excluding carboxylic acids is 2. The van der Waals surface area contributed by atoms with E-state index < -0.39 is 12.0 Å². The Morgan fingerprint density at radius 1 is 1.14 bits per heavy atom. The number of fused-ring (bicyclic) bond motifs is 1. The summed E-state index contributed by atoms with van der Waals surface area (Å²) >= 11 is 7.82. The van der Waals surface area contributed by atoms with Crippen LogP contribution < -0.4 is 0 Å². The van der Waals surface area contributed by atoms with Crippen molar-refractivity contribution < 1.29 is 14.3 Å². The highest BCUT2D eigenvalue weighted by Gasteiger charge is 2.41. The van der Waals surface area contributed by atoms with E-state index in [9.17, 15) is 9.59 Å². The van der Waals surface area contributed by atoms with Crippen LogP contribution in [0.4, 0.5) is 0 Å². The maximum absolute atomic E-state index is 13.4. The lowest BCUT2D eigenvalue weighted by atomic mass is 9.94. The summed E-state index contributed by atoms with van der Waals surface area (Å²) in [5.74, 6) is -0.307. The van der Waals surface area contributed by atoms with Gasteiger partial charge in [-0.2, -0.15) is 0 Å². The summed E-state index contributed by atoms with van der Waals surface area (Å²) in [5.41, 5.74) is 2.79. The molecule has 1 amide bonds. The molecule has 1 atom stereocenters. The maximum atomic E-state index is 13.4. The summed E-state index contributed by atoms with van der Waals surface area (Å²) in [5, 5.41) is 3.34. The van der Waals surface area contributed by atoms with Crippen LogP contribution in [0.2, 0.25) is 5.02 Å². The normalized spacial score (nSPS) is 23.4. The number of amidine groups is 1. The molecule has 9 heteroatoms. The standard InChI is InChI=1S/C27H33ClN4O3S/c1-18-24(26(34)35-2)25(19-7-6-8-20(28)15-19)32-22(17-36-27(32)29-18)16-23(33)31-13-9-21(10-14-31)30-11-4-3-5-12-30/h6-8,15,17,21,25H,3-5,9-14,16H2,1-2H3/t25-/m1/s1. The number of nitrogens with zero attached hydrogens (tertiary/aromatic N) is 4. The van der Waals surface area contributed by atoms with Crippen LogP contribution in [-0.2, 0) is 14.3 Å². The minimum Gasteiger partial charge on any atom is -0.466 e. The number of allylic oxidation sites excluding steroid dienone is 1. The predicted molar refractivity (Wildman–Crippen MR) is 143 cm³/mol. The average Bonchev–Trinajstić information content (AvgIpc) is 3.29. The summed E-state index contributed by atoms with van der Waals surface area (Å²) in [6.07, 6.45) is 6.27. The van der Waals surface area contributed by atoms with Crippen LogP contribution >= 0.6 is 23.4 Å². The molecule has 4 aliphatic rings. The first-order chi connectivity index (χ1) is 17.5. The van der Waals surface area contributed by atoms with Crippen LogP contribution in [0.3, 0.4) is 0 Å². The molecule has 4 aliphatic heterocycles. The van der Waals surface area contributed by atoms with Gasteiger partial charge in [-0.1, -0.05) is 41.9 Å². The second-order valence-corrected chi connectivity index (χ2v) is 11.1. The van der Waals surface area contributed by atoms with Crippen molar-refractivity contribution in [2.45, 2.75) is 57.5 Å². The second kappa shape index (κ2) is 11.0. The summed E-state index contributed by atoms with van der Waals surface area (Å²) < 4.78 is 5.13. The Hall–Kier alpha value is -2.29. The van der Waals surface area contributed by atoms with Gasteiger partial charge in [0.2, 0.25) is 5.91 Å². The number of ether oxygens (including phenoxy) is 1. The first-order valence-corrected chi connectivity index (χ1v) is 14.0. The third-order valence-electron chi connectivity index (χ3n) is 7.63. The molecule has 0 saturated carbocycles. The quantitative estimate of drug-likeness (QED) is 0.504. The SMILES string of the molecule is COC(=O)C1=C(C)N=C2SC=C(CC(=O)N3CCC(N4CCCCC4)CC3)N2[C@@H]1c1cccc(Cl)c1. The van der Waals surface area contributed by atoms with Crippen molar-refractivity contribution in [1.29, 1.82) is 0 Å². The Labute approximate surface area is 222 Å². The molecule has 0 aliphatic carbocycles. The molecule has 0 unspecified atom stereocenters. The Kier molecular flexibility index (Phi) is 7.74.